The summed E-state index contributed by atoms with van der Waals surface area (Å²) in [7, 11) is -1.51. The van der Waals surface area contributed by atoms with Crippen LogP contribution in [0.4, 0.5) is 42.0 Å². The van der Waals surface area contributed by atoms with E-state index in [1.807, 2.05) is 26.0 Å². The van der Waals surface area contributed by atoms with E-state index >= 15 is 0 Å². The van der Waals surface area contributed by atoms with Crippen molar-refractivity contribution in [1.29, 1.82) is 0 Å². The van der Waals surface area contributed by atoms with E-state index in [1.165, 1.54) is 19.4 Å². The Kier molecular flexibility index (Phi) is 10.2. The summed E-state index contributed by atoms with van der Waals surface area (Å²) in [6, 6.07) is 7.47. The quantitative estimate of drug-likeness (QED) is 0.229. The first-order valence-corrected chi connectivity index (χ1v) is 19.2. The van der Waals surface area contributed by atoms with Gasteiger partial charge in [0.05, 0.1) is 29.9 Å². The molecule has 3 aliphatic rings. The minimum atomic E-state index is -4.76. The topological polar surface area (TPSA) is 110 Å². The zero-order valence-electron chi connectivity index (χ0n) is 28.5. The lowest BCUT2D eigenvalue weighted by molar-refractivity contribution is -0.137. The van der Waals surface area contributed by atoms with Crippen LogP contribution in [0.3, 0.4) is 0 Å². The van der Waals surface area contributed by atoms with Gasteiger partial charge in [0.25, 0.3) is 0 Å². The monoisotopic (exact) mass is 704 g/mol. The van der Waals surface area contributed by atoms with Crippen molar-refractivity contribution in [2.45, 2.75) is 51.4 Å². The molecule has 1 aromatic heterocycles. The van der Waals surface area contributed by atoms with Gasteiger partial charge in [-0.15, -0.1) is 0 Å². The smallest absolute Gasteiger partial charge is 0.421 e. The van der Waals surface area contributed by atoms with Gasteiger partial charge in [-0.1, -0.05) is 0 Å². The summed E-state index contributed by atoms with van der Waals surface area (Å²) < 4.78 is 78.9. The van der Waals surface area contributed by atoms with Crippen molar-refractivity contribution in [1.82, 2.24) is 14.9 Å². The van der Waals surface area contributed by atoms with Gasteiger partial charge < -0.3 is 39.0 Å². The summed E-state index contributed by atoms with van der Waals surface area (Å²) in [5.41, 5.74) is 1.63. The van der Waals surface area contributed by atoms with Crippen molar-refractivity contribution >= 4 is 41.3 Å². The van der Waals surface area contributed by atoms with E-state index in [4.69, 9.17) is 18.9 Å². The maximum Gasteiger partial charge on any atom is 0.421 e. The summed E-state index contributed by atoms with van der Waals surface area (Å²) in [4.78, 5) is 13.2. The minimum absolute atomic E-state index is 0.0759. The van der Waals surface area contributed by atoms with Crippen molar-refractivity contribution in [2.75, 3.05) is 82.0 Å². The molecule has 0 unspecified atom stereocenters. The van der Waals surface area contributed by atoms with Gasteiger partial charge in [0, 0.05) is 56.8 Å². The molecule has 6 rings (SSSR count). The lowest BCUT2D eigenvalue weighted by Gasteiger charge is -2.38. The molecule has 266 valence electrons. The zero-order chi connectivity index (χ0) is 34.9. The first-order chi connectivity index (χ1) is 23.4. The van der Waals surface area contributed by atoms with Crippen LogP contribution in [0.1, 0.15) is 37.3 Å². The number of aromatic nitrogens is 2. The predicted molar refractivity (Wildman–Crippen MR) is 185 cm³/mol. The molecule has 49 heavy (non-hydrogen) atoms. The van der Waals surface area contributed by atoms with Crippen molar-refractivity contribution < 1.29 is 36.7 Å². The molecule has 3 aromatic rings. The Morgan fingerprint density at radius 2 is 1.80 bits per heavy atom. The van der Waals surface area contributed by atoms with Gasteiger partial charge in [0.2, 0.25) is 5.95 Å². The summed E-state index contributed by atoms with van der Waals surface area (Å²) in [5.74, 6) is 0.563. The number of halogens is 3. The van der Waals surface area contributed by atoms with Gasteiger partial charge in [-0.25, -0.2) is 4.98 Å². The Labute approximate surface area is 284 Å². The minimum Gasteiger partial charge on any atom is -0.494 e. The van der Waals surface area contributed by atoms with Crippen molar-refractivity contribution in [3.63, 3.8) is 0 Å². The number of rotatable bonds is 10. The molecule has 2 saturated heterocycles. The van der Waals surface area contributed by atoms with E-state index in [0.29, 0.717) is 35.9 Å². The molecule has 2 aromatic carbocycles. The van der Waals surface area contributed by atoms with E-state index in [-0.39, 0.29) is 29.3 Å². The third kappa shape index (κ3) is 7.71. The number of methoxy groups -OCH3 is 1. The third-order valence-electron chi connectivity index (χ3n) is 9.23. The number of aryl methyl sites for hydroxylation is 1. The molecule has 0 radical (unpaired) electrons. The molecule has 0 saturated carbocycles. The fourth-order valence-corrected chi connectivity index (χ4v) is 8.32. The maximum atomic E-state index is 14.2. The third-order valence-corrected chi connectivity index (χ3v) is 10.8. The highest BCUT2D eigenvalue weighted by atomic mass is 31.2. The Morgan fingerprint density at radius 3 is 2.49 bits per heavy atom. The van der Waals surface area contributed by atoms with E-state index < -0.39 is 24.7 Å². The summed E-state index contributed by atoms with van der Waals surface area (Å²) in [6.07, 6.45) is -0.536. The van der Waals surface area contributed by atoms with Crippen LogP contribution < -0.4 is 35.0 Å². The van der Waals surface area contributed by atoms with Gasteiger partial charge in [-0.05, 0) is 70.2 Å². The molecule has 0 bridgehead atoms. The van der Waals surface area contributed by atoms with E-state index in [1.54, 1.807) is 13.2 Å². The second-order valence-corrected chi connectivity index (χ2v) is 16.1. The molecule has 11 nitrogen and oxygen atoms in total. The van der Waals surface area contributed by atoms with Gasteiger partial charge in [0.1, 0.15) is 37.5 Å². The number of benzene rings is 2. The fourth-order valence-electron chi connectivity index (χ4n) is 6.94. The van der Waals surface area contributed by atoms with Crippen LogP contribution >= 0.6 is 7.14 Å². The van der Waals surface area contributed by atoms with Crippen LogP contribution in [0.25, 0.3) is 0 Å². The first kappa shape index (κ1) is 35.1. The van der Waals surface area contributed by atoms with E-state index in [9.17, 15) is 17.7 Å². The average Bonchev–Trinajstić information content (AvgIpc) is 3.53. The lowest BCUT2D eigenvalue weighted by atomic mass is 10.0. The first-order valence-electron chi connectivity index (χ1n) is 16.6. The zero-order valence-corrected chi connectivity index (χ0v) is 29.4. The Morgan fingerprint density at radius 1 is 1.04 bits per heavy atom. The van der Waals surface area contributed by atoms with Crippen molar-refractivity contribution in [3.05, 3.63) is 41.6 Å². The van der Waals surface area contributed by atoms with Gasteiger partial charge in [0.15, 0.2) is 11.5 Å². The molecule has 0 aliphatic carbocycles. The largest absolute Gasteiger partial charge is 0.494 e. The molecule has 1 atom stereocenters. The number of piperidine rings is 1. The predicted octanol–water partition coefficient (Wildman–Crippen LogP) is 6.40. The standard InChI is InChI=1S/C34H44F3N6O5P/c1-6-46-23-11-14-43(20-23)22-9-12-42(13-10-22)27-18-29(45-3)26(17-21(27)2)40-33-38-19-24(34(35,36)37)32(41-33)39-25-7-8-28-30(48-16-15-47-28)31(25)49(4,5)44/h7-8,17-19,22-23H,6,9-16,20H2,1-5H3,(H2,38,39,40,41)/t23-/m0/s1. The van der Waals surface area contributed by atoms with Gasteiger partial charge in [-0.3, -0.25) is 4.90 Å². The summed E-state index contributed by atoms with van der Waals surface area (Å²) >= 11 is 0. The highest BCUT2D eigenvalue weighted by Gasteiger charge is 2.37. The van der Waals surface area contributed by atoms with Crippen molar-refractivity contribution in [2.24, 2.45) is 0 Å². The highest BCUT2D eigenvalue weighted by Crippen LogP contribution is 2.47. The van der Waals surface area contributed by atoms with Crippen LogP contribution in [-0.4, -0.2) is 93.5 Å². The number of likely N-dealkylation sites (tertiary alicyclic amines) is 1. The van der Waals surface area contributed by atoms with Crippen molar-refractivity contribution in [3.8, 4) is 17.2 Å². The molecule has 0 spiro atoms. The van der Waals surface area contributed by atoms with Crippen LogP contribution in [0, 0.1) is 6.92 Å². The molecule has 2 N–H and O–H groups in total. The fraction of sp³-hybridized carbons (Fsp3) is 0.529. The molecular weight excluding hydrogens is 660 g/mol. The molecule has 4 heterocycles. The highest BCUT2D eigenvalue weighted by molar-refractivity contribution is 7.70. The van der Waals surface area contributed by atoms with Crippen LogP contribution in [0.5, 0.6) is 17.2 Å². The summed E-state index contributed by atoms with van der Waals surface area (Å²) in [6.45, 7) is 12.2. The van der Waals surface area contributed by atoms with Crippen LogP contribution in [0.15, 0.2) is 30.5 Å². The Bertz CT molecular complexity index is 1710. The molecule has 15 heteroatoms. The van der Waals surface area contributed by atoms with E-state index in [2.05, 4.69) is 30.4 Å². The molecular formula is C34H44F3N6O5P. The maximum absolute atomic E-state index is 14.2. The van der Waals surface area contributed by atoms with E-state index in [0.717, 1.165) is 69.5 Å². The number of hydrogen-bond donors (Lipinski definition) is 2. The second-order valence-electron chi connectivity index (χ2n) is 13.0. The Hall–Kier alpha value is -3.74. The number of nitrogens with zero attached hydrogens (tertiary/aromatic N) is 4. The molecule has 0 amide bonds. The SMILES string of the molecule is CCO[C@H]1CCN(C2CCN(c3cc(OC)c(Nc4ncc(C(F)(F)F)c(Nc5ccc6c(c5P(C)(C)=O)OCCO6)n4)cc3C)CC2)C1. The lowest BCUT2D eigenvalue weighted by Crippen LogP contribution is -2.44. The number of alkyl halides is 3. The van der Waals surface area contributed by atoms with Gasteiger partial charge in [-0.2, -0.15) is 18.2 Å². The number of anilines is 5. The second kappa shape index (κ2) is 14.2. The number of fused-ring (bicyclic) bond motifs is 1. The molecule has 3 aliphatic heterocycles. The number of hydrogen-bond acceptors (Lipinski definition) is 11. The average molecular weight is 705 g/mol. The molecule has 2 fully saturated rings. The summed E-state index contributed by atoms with van der Waals surface area (Å²) in [5, 5.41) is 6.10. The van der Waals surface area contributed by atoms with Gasteiger partial charge >= 0.3 is 6.18 Å². The van der Waals surface area contributed by atoms with Crippen LogP contribution in [-0.2, 0) is 15.5 Å². The Balaban J connectivity index is 1.23. The normalized spacial score (nSPS) is 18.9. The number of ether oxygens (including phenoxy) is 4. The number of nitrogens with one attached hydrogen (secondary N) is 2. The van der Waals surface area contributed by atoms with Crippen LogP contribution in [0.2, 0.25) is 0 Å².